The maximum absolute atomic E-state index is 12.7. The second-order valence-electron chi connectivity index (χ2n) is 6.38. The van der Waals surface area contributed by atoms with Crippen LogP contribution in [0.5, 0.6) is 0 Å². The normalized spacial score (nSPS) is 16.3. The summed E-state index contributed by atoms with van der Waals surface area (Å²) in [5.74, 6) is 0. The summed E-state index contributed by atoms with van der Waals surface area (Å²) in [7, 11) is -7.71. The van der Waals surface area contributed by atoms with E-state index in [1.807, 2.05) is 0 Å². The SMILES string of the molecule is CC(NS(=O)(=O)c1cccc(S(=O)(=O)NC2CC2)c1)c1ccc(Cl)cc1Cl. The Morgan fingerprint density at radius 2 is 1.59 bits per heavy atom. The second-order valence-corrected chi connectivity index (χ2v) is 10.7. The van der Waals surface area contributed by atoms with Crippen LogP contribution in [0.4, 0.5) is 0 Å². The van der Waals surface area contributed by atoms with Crippen LogP contribution >= 0.6 is 23.2 Å². The van der Waals surface area contributed by atoms with E-state index < -0.39 is 26.1 Å². The monoisotopic (exact) mass is 448 g/mol. The summed E-state index contributed by atoms with van der Waals surface area (Å²) in [6.45, 7) is 1.64. The Hall–Kier alpha value is -1.16. The van der Waals surface area contributed by atoms with E-state index >= 15 is 0 Å². The Morgan fingerprint density at radius 3 is 2.19 bits per heavy atom. The Balaban J connectivity index is 1.85. The van der Waals surface area contributed by atoms with Crippen molar-refractivity contribution >= 4 is 43.2 Å². The molecule has 2 aromatic rings. The lowest BCUT2D eigenvalue weighted by Crippen LogP contribution is -2.28. The van der Waals surface area contributed by atoms with Gasteiger partial charge in [-0.2, -0.15) is 0 Å². The Bertz CT molecular complexity index is 1070. The topological polar surface area (TPSA) is 92.3 Å². The van der Waals surface area contributed by atoms with Crippen LogP contribution in [-0.4, -0.2) is 22.9 Å². The van der Waals surface area contributed by atoms with Crippen molar-refractivity contribution in [2.75, 3.05) is 0 Å². The highest BCUT2D eigenvalue weighted by atomic mass is 35.5. The highest BCUT2D eigenvalue weighted by Gasteiger charge is 2.29. The largest absolute Gasteiger partial charge is 0.241 e. The molecule has 1 fully saturated rings. The van der Waals surface area contributed by atoms with Crippen molar-refractivity contribution in [1.82, 2.24) is 9.44 Å². The van der Waals surface area contributed by atoms with Gasteiger partial charge in [0.15, 0.2) is 0 Å². The number of sulfonamides is 2. The molecule has 0 aliphatic heterocycles. The van der Waals surface area contributed by atoms with Crippen LogP contribution in [0.1, 0.15) is 31.4 Å². The summed E-state index contributed by atoms with van der Waals surface area (Å²) >= 11 is 12.0. The van der Waals surface area contributed by atoms with Crippen molar-refractivity contribution in [2.45, 2.75) is 41.6 Å². The third-order valence-corrected chi connectivity index (χ3v) is 7.71. The molecule has 1 aliphatic rings. The third kappa shape index (κ3) is 5.01. The van der Waals surface area contributed by atoms with Crippen LogP contribution in [0.25, 0.3) is 0 Å². The fourth-order valence-corrected chi connectivity index (χ4v) is 5.78. The molecule has 3 rings (SSSR count). The van der Waals surface area contributed by atoms with Crippen molar-refractivity contribution in [3.63, 3.8) is 0 Å². The molecule has 10 heteroatoms. The van der Waals surface area contributed by atoms with Gasteiger partial charge in [-0.05, 0) is 55.7 Å². The number of rotatable bonds is 7. The molecule has 1 saturated carbocycles. The van der Waals surface area contributed by atoms with Crippen molar-refractivity contribution in [3.05, 3.63) is 58.1 Å². The molecule has 6 nitrogen and oxygen atoms in total. The van der Waals surface area contributed by atoms with Gasteiger partial charge in [0.25, 0.3) is 0 Å². The molecule has 146 valence electrons. The maximum atomic E-state index is 12.7. The van der Waals surface area contributed by atoms with Crippen LogP contribution in [0.15, 0.2) is 52.3 Å². The zero-order valence-corrected chi connectivity index (χ0v) is 17.5. The summed E-state index contributed by atoms with van der Waals surface area (Å²) < 4.78 is 55.1. The molecule has 1 atom stereocenters. The van der Waals surface area contributed by atoms with Crippen LogP contribution in [-0.2, 0) is 20.0 Å². The average molecular weight is 449 g/mol. The predicted molar refractivity (Wildman–Crippen MR) is 105 cm³/mol. The summed E-state index contributed by atoms with van der Waals surface area (Å²) in [5.41, 5.74) is 0.559. The van der Waals surface area contributed by atoms with E-state index in [-0.39, 0.29) is 15.8 Å². The van der Waals surface area contributed by atoms with Gasteiger partial charge in [-0.1, -0.05) is 35.3 Å². The first-order chi connectivity index (χ1) is 12.6. The van der Waals surface area contributed by atoms with Gasteiger partial charge in [0.05, 0.1) is 9.79 Å². The lowest BCUT2D eigenvalue weighted by Gasteiger charge is -2.16. The highest BCUT2D eigenvalue weighted by Crippen LogP contribution is 2.28. The standard InChI is InChI=1S/C17H18Cl2N2O4S2/c1-11(16-8-5-12(18)9-17(16)19)20-26(22,23)14-3-2-4-15(10-14)27(24,25)21-13-6-7-13/h2-5,8-11,13,20-21H,6-7H2,1H3. The molecule has 0 radical (unpaired) electrons. The highest BCUT2D eigenvalue weighted by molar-refractivity contribution is 7.90. The number of hydrogen-bond acceptors (Lipinski definition) is 4. The smallest absolute Gasteiger partial charge is 0.208 e. The van der Waals surface area contributed by atoms with Crippen LogP contribution in [0.3, 0.4) is 0 Å². The Kier molecular flexibility index (Phi) is 5.86. The van der Waals surface area contributed by atoms with E-state index in [2.05, 4.69) is 9.44 Å². The van der Waals surface area contributed by atoms with Crippen LogP contribution in [0.2, 0.25) is 10.0 Å². The average Bonchev–Trinajstić information content (AvgIpc) is 3.37. The van der Waals surface area contributed by atoms with E-state index in [4.69, 9.17) is 23.2 Å². The molecular formula is C17H18Cl2N2O4S2. The van der Waals surface area contributed by atoms with Gasteiger partial charge in [-0.3, -0.25) is 0 Å². The molecule has 0 spiro atoms. The van der Waals surface area contributed by atoms with Gasteiger partial charge in [0.2, 0.25) is 20.0 Å². The molecule has 0 bridgehead atoms. The van der Waals surface area contributed by atoms with E-state index in [0.29, 0.717) is 15.6 Å². The zero-order chi connectivity index (χ0) is 19.8. The maximum Gasteiger partial charge on any atom is 0.241 e. The molecule has 1 aliphatic carbocycles. The van der Waals surface area contributed by atoms with Crippen LogP contribution < -0.4 is 9.44 Å². The second kappa shape index (κ2) is 7.69. The molecule has 0 saturated heterocycles. The van der Waals surface area contributed by atoms with E-state index in [9.17, 15) is 16.8 Å². The van der Waals surface area contributed by atoms with Gasteiger partial charge in [0.1, 0.15) is 0 Å². The fraction of sp³-hybridized carbons (Fsp3) is 0.294. The first kappa shape index (κ1) is 20.6. The van der Waals surface area contributed by atoms with Crippen LogP contribution in [0, 0.1) is 0 Å². The lowest BCUT2D eigenvalue weighted by atomic mass is 10.1. The van der Waals surface area contributed by atoms with E-state index in [1.165, 1.54) is 24.3 Å². The minimum absolute atomic E-state index is 0.0690. The van der Waals surface area contributed by atoms with Crippen molar-refractivity contribution in [1.29, 1.82) is 0 Å². The first-order valence-corrected chi connectivity index (χ1v) is 11.9. The lowest BCUT2D eigenvalue weighted by molar-refractivity contribution is 0.566. The molecule has 1 unspecified atom stereocenters. The summed E-state index contributed by atoms with van der Waals surface area (Å²) in [5, 5.41) is 0.780. The minimum atomic E-state index is -3.96. The molecule has 0 heterocycles. The fourth-order valence-electron chi connectivity index (χ4n) is 2.51. The molecule has 0 aromatic heterocycles. The Labute approximate surface area is 169 Å². The van der Waals surface area contributed by atoms with Crippen molar-refractivity contribution in [3.8, 4) is 0 Å². The summed E-state index contributed by atoms with van der Waals surface area (Å²) in [4.78, 5) is -0.229. The van der Waals surface area contributed by atoms with E-state index in [1.54, 1.807) is 19.1 Å². The van der Waals surface area contributed by atoms with Gasteiger partial charge in [-0.25, -0.2) is 26.3 Å². The van der Waals surface area contributed by atoms with Gasteiger partial charge in [-0.15, -0.1) is 0 Å². The zero-order valence-electron chi connectivity index (χ0n) is 14.3. The Morgan fingerprint density at radius 1 is 0.963 bits per heavy atom. The predicted octanol–water partition coefficient (Wildman–Crippen LogP) is 3.47. The van der Waals surface area contributed by atoms with Crippen molar-refractivity contribution < 1.29 is 16.8 Å². The number of benzene rings is 2. The quantitative estimate of drug-likeness (QED) is 0.677. The number of halogens is 2. The molecule has 2 N–H and O–H groups in total. The summed E-state index contributed by atoms with van der Waals surface area (Å²) in [6.07, 6.45) is 1.58. The van der Waals surface area contributed by atoms with Gasteiger partial charge >= 0.3 is 0 Å². The number of hydrogen-bond donors (Lipinski definition) is 2. The third-order valence-electron chi connectivity index (χ3n) is 4.09. The van der Waals surface area contributed by atoms with Gasteiger partial charge < -0.3 is 0 Å². The molecule has 0 amide bonds. The molecular weight excluding hydrogens is 431 g/mol. The van der Waals surface area contributed by atoms with Crippen molar-refractivity contribution in [2.24, 2.45) is 0 Å². The minimum Gasteiger partial charge on any atom is -0.208 e. The molecule has 2 aromatic carbocycles. The first-order valence-electron chi connectivity index (χ1n) is 8.18. The summed E-state index contributed by atoms with van der Waals surface area (Å²) in [6, 6.07) is 9.32. The molecule has 27 heavy (non-hydrogen) atoms. The number of nitrogens with one attached hydrogen (secondary N) is 2. The van der Waals surface area contributed by atoms with E-state index in [0.717, 1.165) is 18.9 Å². The van der Waals surface area contributed by atoms with Gasteiger partial charge in [0, 0.05) is 22.1 Å².